The Hall–Kier alpha value is -0.190. The van der Waals surface area contributed by atoms with Gasteiger partial charge < -0.3 is 64.8 Å². The summed E-state index contributed by atoms with van der Waals surface area (Å²) < 4.78 is 0. The second kappa shape index (κ2) is 39.1. The lowest BCUT2D eigenvalue weighted by Crippen LogP contribution is -2.39. The van der Waals surface area contributed by atoms with E-state index < -0.39 is 0 Å². The van der Waals surface area contributed by atoms with E-state index >= 15 is 0 Å². The summed E-state index contributed by atoms with van der Waals surface area (Å²) in [6.07, 6.45) is 0. The van der Waals surface area contributed by atoms with Crippen LogP contribution in [0.2, 0.25) is 0 Å². The molecule has 1 aliphatic rings. The molecule has 0 spiro atoms. The smallest absolute Gasteiger partial charge is 0.00772 e. The van der Waals surface area contributed by atoms with Crippen molar-refractivity contribution in [2.45, 2.75) is 0 Å². The van der Waals surface area contributed by atoms with E-state index in [2.05, 4.69) is 31.9 Å². The average molecular weight is 403 g/mol. The van der Waals surface area contributed by atoms with Gasteiger partial charge in [-0.2, -0.15) is 0 Å². The Labute approximate surface area is 156 Å². The molecule has 0 amide bonds. The molecule has 1 aliphatic heterocycles. The van der Waals surface area contributed by atoms with Crippen molar-refractivity contribution in [3.8, 4) is 0 Å². The van der Waals surface area contributed by atoms with Gasteiger partial charge in [-0.3, -0.25) is 0 Å². The maximum absolute atomic E-state index is 3.41. The third kappa shape index (κ3) is 35.7. The monoisotopic (exact) mass is 402 g/mol. The predicted molar refractivity (Wildman–Crippen MR) is 106 cm³/mol. The zero-order valence-electron chi connectivity index (χ0n) is 14.9. The summed E-state index contributed by atoms with van der Waals surface area (Å²) in [6, 6.07) is 0. The Balaban J connectivity index is -0.0000000926. The summed E-state index contributed by atoms with van der Waals surface area (Å²) >= 11 is 0. The Bertz CT molecular complexity index is 117. The molecule has 0 radical (unpaired) electrons. The van der Waals surface area contributed by atoms with Gasteiger partial charge in [-0.1, -0.05) is 0 Å². The minimum atomic E-state index is 0. The van der Waals surface area contributed by atoms with Crippen LogP contribution in [0.3, 0.4) is 0 Å². The Morgan fingerprint density at radius 1 is 0.240 bits per heavy atom. The quantitative estimate of drug-likeness (QED) is 0.229. The fourth-order valence-electron chi connectivity index (χ4n) is 1.81. The third-order valence-electron chi connectivity index (χ3n) is 2.87. The van der Waals surface area contributed by atoms with Crippen LogP contribution in [-0.4, -0.2) is 111 Å². The molecule has 1 saturated heterocycles. The first-order valence-corrected chi connectivity index (χ1v) is 7.24. The molecule has 1 heterocycles. The van der Waals surface area contributed by atoms with Gasteiger partial charge in [-0.15, -0.1) is 12.4 Å². The summed E-state index contributed by atoms with van der Waals surface area (Å²) in [5, 5.41) is 20.5. The molecule has 18 N–H and O–H groups in total. The van der Waals surface area contributed by atoms with Gasteiger partial charge >= 0.3 is 0 Å². The molecule has 0 saturated carbocycles. The molecule has 1 fully saturated rings. The highest BCUT2D eigenvalue weighted by Gasteiger charge is 1.92. The van der Waals surface area contributed by atoms with E-state index in [0.717, 1.165) is 78.5 Å². The summed E-state index contributed by atoms with van der Waals surface area (Å²) in [5.74, 6) is 0. The van der Waals surface area contributed by atoms with Gasteiger partial charge in [-0.05, 0) is 0 Å². The number of halogens is 1. The zero-order chi connectivity index (χ0) is 12.7. The number of hydrogen-bond acceptors (Lipinski definition) is 6. The molecule has 164 valence electrons. The number of rotatable bonds is 0. The van der Waals surface area contributed by atoms with E-state index in [4.69, 9.17) is 0 Å². The highest BCUT2D eigenvalue weighted by Crippen LogP contribution is 1.66. The molecule has 13 heteroatoms. The van der Waals surface area contributed by atoms with Crippen molar-refractivity contribution in [3.05, 3.63) is 0 Å². The predicted octanol–water partition coefficient (Wildman–Crippen LogP) is -6.99. The van der Waals surface area contributed by atoms with E-state index in [1.807, 2.05) is 0 Å². The van der Waals surface area contributed by atoms with Crippen LogP contribution in [0.1, 0.15) is 0 Å². The summed E-state index contributed by atoms with van der Waals surface area (Å²) in [7, 11) is 0. The lowest BCUT2D eigenvalue weighted by Gasteiger charge is -2.11. The molecule has 25 heavy (non-hydrogen) atoms. The molecule has 0 aromatic heterocycles. The van der Waals surface area contributed by atoms with Crippen molar-refractivity contribution in [1.82, 2.24) is 31.9 Å². The van der Waals surface area contributed by atoms with Crippen LogP contribution >= 0.6 is 12.4 Å². The van der Waals surface area contributed by atoms with E-state index in [1.165, 1.54) is 0 Å². The van der Waals surface area contributed by atoms with Gasteiger partial charge in [0, 0.05) is 78.5 Å². The van der Waals surface area contributed by atoms with Gasteiger partial charge in [0.2, 0.25) is 0 Å². The molecular formula is C12H43ClN6O6. The number of nitrogens with one attached hydrogen (secondary N) is 6. The highest BCUT2D eigenvalue weighted by molar-refractivity contribution is 5.85. The standard InChI is InChI=1S/C12H30N6.ClH.6H2O/c1-2-14-5-6-16-9-10-18-12-11-17-8-7-15-4-3-13-1;;;;;;;/h13-18H,1-12H2;1H;6*1H2. The van der Waals surface area contributed by atoms with Crippen LogP contribution in [0.25, 0.3) is 0 Å². The van der Waals surface area contributed by atoms with Crippen LogP contribution in [-0.2, 0) is 0 Å². The minimum Gasteiger partial charge on any atom is -0.412 e. The molecule has 1 rings (SSSR count). The first kappa shape index (κ1) is 44.3. The van der Waals surface area contributed by atoms with E-state index in [0.29, 0.717) is 0 Å². The molecule has 0 aromatic rings. The molecular weight excluding hydrogens is 360 g/mol. The van der Waals surface area contributed by atoms with Crippen LogP contribution in [0, 0.1) is 0 Å². The van der Waals surface area contributed by atoms with Gasteiger partial charge in [0.15, 0.2) is 0 Å². The Morgan fingerprint density at radius 3 is 0.400 bits per heavy atom. The number of hydrogen-bond donors (Lipinski definition) is 6. The average Bonchev–Trinajstić information content (AvgIpc) is 2.39. The molecule has 12 nitrogen and oxygen atoms in total. The fourth-order valence-corrected chi connectivity index (χ4v) is 1.81. The maximum Gasteiger partial charge on any atom is 0.00772 e. The highest BCUT2D eigenvalue weighted by atomic mass is 35.5. The van der Waals surface area contributed by atoms with Crippen molar-refractivity contribution in [2.75, 3.05) is 78.5 Å². The normalized spacial score (nSPS) is 17.3. The van der Waals surface area contributed by atoms with Crippen molar-refractivity contribution in [1.29, 1.82) is 0 Å². The summed E-state index contributed by atoms with van der Waals surface area (Å²) in [5.41, 5.74) is 0. The first-order valence-electron chi connectivity index (χ1n) is 7.24. The third-order valence-corrected chi connectivity index (χ3v) is 2.87. The van der Waals surface area contributed by atoms with Gasteiger partial charge in [0.05, 0.1) is 0 Å². The SMILES string of the molecule is C1CNCCNCCNCCNCCNCCN1.Cl.O.O.O.O.O.O. The van der Waals surface area contributed by atoms with Crippen LogP contribution in [0.5, 0.6) is 0 Å². The van der Waals surface area contributed by atoms with Crippen LogP contribution in [0.15, 0.2) is 0 Å². The molecule has 0 unspecified atom stereocenters. The first-order chi connectivity index (χ1) is 9.00. The summed E-state index contributed by atoms with van der Waals surface area (Å²) in [6.45, 7) is 12.5. The van der Waals surface area contributed by atoms with Gasteiger partial charge in [-0.25, -0.2) is 0 Å². The Kier molecular flexibility index (Phi) is 69.3. The van der Waals surface area contributed by atoms with E-state index in [-0.39, 0.29) is 45.3 Å². The largest absolute Gasteiger partial charge is 0.412 e. The lowest BCUT2D eigenvalue weighted by atomic mass is 10.4. The van der Waals surface area contributed by atoms with Crippen molar-refractivity contribution in [2.24, 2.45) is 0 Å². The fraction of sp³-hybridized carbons (Fsp3) is 1.00. The van der Waals surface area contributed by atoms with E-state index in [1.54, 1.807) is 0 Å². The topological polar surface area (TPSA) is 261 Å². The van der Waals surface area contributed by atoms with Crippen LogP contribution in [0.4, 0.5) is 0 Å². The second-order valence-electron chi connectivity index (χ2n) is 4.50. The minimum absolute atomic E-state index is 0. The molecule has 0 bridgehead atoms. The summed E-state index contributed by atoms with van der Waals surface area (Å²) in [4.78, 5) is 0. The Morgan fingerprint density at radius 2 is 0.320 bits per heavy atom. The van der Waals surface area contributed by atoms with Gasteiger partial charge in [0.25, 0.3) is 0 Å². The second-order valence-corrected chi connectivity index (χ2v) is 4.50. The van der Waals surface area contributed by atoms with Crippen LogP contribution < -0.4 is 31.9 Å². The van der Waals surface area contributed by atoms with Gasteiger partial charge in [0.1, 0.15) is 0 Å². The lowest BCUT2D eigenvalue weighted by molar-refractivity contribution is 0.534. The molecule has 0 aliphatic carbocycles. The van der Waals surface area contributed by atoms with E-state index in [9.17, 15) is 0 Å². The zero-order valence-corrected chi connectivity index (χ0v) is 15.7. The molecule has 0 aromatic carbocycles. The maximum atomic E-state index is 3.41. The molecule has 0 atom stereocenters. The van der Waals surface area contributed by atoms with Crippen molar-refractivity contribution in [3.63, 3.8) is 0 Å². The van der Waals surface area contributed by atoms with Crippen molar-refractivity contribution < 1.29 is 32.9 Å². The van der Waals surface area contributed by atoms with Crippen molar-refractivity contribution >= 4 is 12.4 Å².